The van der Waals surface area contributed by atoms with E-state index in [1.54, 1.807) is 19.2 Å². The third kappa shape index (κ3) is 7.58. The van der Waals surface area contributed by atoms with Crippen molar-refractivity contribution < 1.29 is 9.13 Å². The SMILES string of the molecule is COCCC(C)C(CNC(C)(C)C)Cc1cccc(F)c1. The summed E-state index contributed by atoms with van der Waals surface area (Å²) in [6.45, 7) is 10.5. The van der Waals surface area contributed by atoms with E-state index >= 15 is 0 Å². The highest BCUT2D eigenvalue weighted by Crippen LogP contribution is 2.21. The van der Waals surface area contributed by atoms with Gasteiger partial charge in [-0.2, -0.15) is 0 Å². The number of rotatable bonds is 8. The molecule has 3 heteroatoms. The van der Waals surface area contributed by atoms with Crippen molar-refractivity contribution >= 4 is 0 Å². The van der Waals surface area contributed by atoms with E-state index in [-0.39, 0.29) is 11.4 Å². The molecule has 2 nitrogen and oxygen atoms in total. The maximum atomic E-state index is 13.4. The van der Waals surface area contributed by atoms with Crippen molar-refractivity contribution in [1.29, 1.82) is 0 Å². The van der Waals surface area contributed by atoms with E-state index in [1.807, 2.05) is 6.07 Å². The van der Waals surface area contributed by atoms with Crippen LogP contribution in [0.3, 0.4) is 0 Å². The molecule has 0 heterocycles. The zero-order valence-corrected chi connectivity index (χ0v) is 14.1. The van der Waals surface area contributed by atoms with Gasteiger partial charge in [-0.05, 0) is 69.7 Å². The average Bonchev–Trinajstić information content (AvgIpc) is 2.39. The summed E-state index contributed by atoms with van der Waals surface area (Å²) in [6, 6.07) is 6.95. The lowest BCUT2D eigenvalue weighted by Crippen LogP contribution is -2.41. The molecule has 1 N–H and O–H groups in total. The van der Waals surface area contributed by atoms with Gasteiger partial charge in [-0.1, -0.05) is 19.1 Å². The fourth-order valence-electron chi connectivity index (χ4n) is 2.42. The number of benzene rings is 1. The maximum absolute atomic E-state index is 13.4. The lowest BCUT2D eigenvalue weighted by atomic mass is 9.85. The molecule has 0 aliphatic carbocycles. The van der Waals surface area contributed by atoms with E-state index in [2.05, 4.69) is 33.0 Å². The standard InChI is InChI=1S/C18H30FNO/c1-14(9-10-21-5)16(13-20-18(2,3)4)11-15-7-6-8-17(19)12-15/h6-8,12,14,16,20H,9-11,13H2,1-5H3. The lowest BCUT2D eigenvalue weighted by Gasteiger charge is -2.29. The second-order valence-electron chi connectivity index (χ2n) is 6.98. The van der Waals surface area contributed by atoms with Crippen molar-refractivity contribution in [3.05, 3.63) is 35.6 Å². The largest absolute Gasteiger partial charge is 0.385 e. The number of ether oxygens (including phenoxy) is 1. The summed E-state index contributed by atoms with van der Waals surface area (Å²) in [5.74, 6) is 0.851. The van der Waals surface area contributed by atoms with Crippen LogP contribution in [-0.2, 0) is 11.2 Å². The van der Waals surface area contributed by atoms with Gasteiger partial charge in [-0.3, -0.25) is 0 Å². The predicted molar refractivity (Wildman–Crippen MR) is 87.0 cm³/mol. The third-order valence-electron chi connectivity index (χ3n) is 3.86. The van der Waals surface area contributed by atoms with Crippen molar-refractivity contribution in [3.63, 3.8) is 0 Å². The minimum Gasteiger partial charge on any atom is -0.385 e. The topological polar surface area (TPSA) is 21.3 Å². The van der Waals surface area contributed by atoms with Crippen LogP contribution in [0.1, 0.15) is 39.7 Å². The van der Waals surface area contributed by atoms with E-state index in [0.717, 1.165) is 31.6 Å². The summed E-state index contributed by atoms with van der Waals surface area (Å²) >= 11 is 0. The fourth-order valence-corrected chi connectivity index (χ4v) is 2.42. The van der Waals surface area contributed by atoms with E-state index in [1.165, 1.54) is 6.07 Å². The molecular weight excluding hydrogens is 265 g/mol. The molecule has 2 atom stereocenters. The van der Waals surface area contributed by atoms with Crippen molar-refractivity contribution in [2.75, 3.05) is 20.3 Å². The van der Waals surface area contributed by atoms with Gasteiger partial charge in [0.1, 0.15) is 5.82 Å². The third-order valence-corrected chi connectivity index (χ3v) is 3.86. The molecule has 0 saturated heterocycles. The Bertz CT molecular complexity index is 414. The highest BCUT2D eigenvalue weighted by atomic mass is 19.1. The van der Waals surface area contributed by atoms with Crippen LogP contribution in [0.4, 0.5) is 4.39 Å². The minimum atomic E-state index is -0.153. The van der Waals surface area contributed by atoms with Crippen LogP contribution < -0.4 is 5.32 Å². The van der Waals surface area contributed by atoms with E-state index in [9.17, 15) is 4.39 Å². The molecule has 1 aromatic rings. The van der Waals surface area contributed by atoms with Gasteiger partial charge in [-0.25, -0.2) is 4.39 Å². The van der Waals surface area contributed by atoms with E-state index in [4.69, 9.17) is 4.74 Å². The van der Waals surface area contributed by atoms with Crippen molar-refractivity contribution in [3.8, 4) is 0 Å². The number of nitrogens with one attached hydrogen (secondary N) is 1. The highest BCUT2D eigenvalue weighted by molar-refractivity contribution is 5.17. The number of methoxy groups -OCH3 is 1. The molecule has 0 aromatic heterocycles. The Morgan fingerprint density at radius 2 is 2.00 bits per heavy atom. The van der Waals surface area contributed by atoms with E-state index in [0.29, 0.717) is 11.8 Å². The first-order chi connectivity index (χ1) is 9.81. The van der Waals surface area contributed by atoms with Crippen LogP contribution >= 0.6 is 0 Å². The molecule has 0 spiro atoms. The molecule has 0 fully saturated rings. The van der Waals surface area contributed by atoms with Gasteiger partial charge in [-0.15, -0.1) is 0 Å². The summed E-state index contributed by atoms with van der Waals surface area (Å²) in [4.78, 5) is 0. The van der Waals surface area contributed by atoms with Crippen LogP contribution in [0.25, 0.3) is 0 Å². The smallest absolute Gasteiger partial charge is 0.123 e. The molecule has 0 saturated carbocycles. The van der Waals surface area contributed by atoms with Crippen molar-refractivity contribution in [1.82, 2.24) is 5.32 Å². The first-order valence-electron chi connectivity index (χ1n) is 7.80. The van der Waals surface area contributed by atoms with Gasteiger partial charge in [0.25, 0.3) is 0 Å². The summed E-state index contributed by atoms with van der Waals surface area (Å²) in [7, 11) is 1.74. The summed E-state index contributed by atoms with van der Waals surface area (Å²) < 4.78 is 18.6. The molecule has 120 valence electrons. The normalized spacial score (nSPS) is 15.0. The minimum absolute atomic E-state index is 0.0984. The molecule has 0 bridgehead atoms. The number of hydrogen-bond donors (Lipinski definition) is 1. The fraction of sp³-hybridized carbons (Fsp3) is 0.667. The molecule has 1 rings (SSSR count). The zero-order valence-electron chi connectivity index (χ0n) is 14.1. The quantitative estimate of drug-likeness (QED) is 0.781. The van der Waals surface area contributed by atoms with Crippen LogP contribution in [-0.4, -0.2) is 25.8 Å². The highest BCUT2D eigenvalue weighted by Gasteiger charge is 2.20. The zero-order chi connectivity index (χ0) is 15.9. The summed E-state index contributed by atoms with van der Waals surface area (Å²) in [6.07, 6.45) is 1.92. The Morgan fingerprint density at radius 3 is 2.57 bits per heavy atom. The molecule has 1 aromatic carbocycles. The Kier molecular flexibility index (Phi) is 7.33. The Hall–Kier alpha value is -0.930. The van der Waals surface area contributed by atoms with Gasteiger partial charge in [0.15, 0.2) is 0 Å². The van der Waals surface area contributed by atoms with Crippen LogP contribution in [0.2, 0.25) is 0 Å². The van der Waals surface area contributed by atoms with Crippen molar-refractivity contribution in [2.24, 2.45) is 11.8 Å². The molecule has 0 radical (unpaired) electrons. The first kappa shape index (κ1) is 18.1. The second-order valence-corrected chi connectivity index (χ2v) is 6.98. The van der Waals surface area contributed by atoms with Crippen LogP contribution in [0.5, 0.6) is 0 Å². The molecule has 2 unspecified atom stereocenters. The van der Waals surface area contributed by atoms with E-state index < -0.39 is 0 Å². The van der Waals surface area contributed by atoms with Crippen molar-refractivity contribution in [2.45, 2.75) is 46.1 Å². The Morgan fingerprint density at radius 1 is 1.29 bits per heavy atom. The molecule has 21 heavy (non-hydrogen) atoms. The molecule has 0 aliphatic heterocycles. The summed E-state index contributed by atoms with van der Waals surface area (Å²) in [5, 5.41) is 3.58. The van der Waals surface area contributed by atoms with Crippen LogP contribution in [0.15, 0.2) is 24.3 Å². The predicted octanol–water partition coefficient (Wildman–Crippen LogP) is 4.05. The average molecular weight is 295 g/mol. The number of hydrogen-bond acceptors (Lipinski definition) is 2. The summed E-state index contributed by atoms with van der Waals surface area (Å²) in [5.41, 5.74) is 1.17. The van der Waals surface area contributed by atoms with Gasteiger partial charge in [0, 0.05) is 19.3 Å². The lowest BCUT2D eigenvalue weighted by molar-refractivity contribution is 0.161. The van der Waals surface area contributed by atoms with Gasteiger partial charge in [0.2, 0.25) is 0 Å². The van der Waals surface area contributed by atoms with Gasteiger partial charge < -0.3 is 10.1 Å². The monoisotopic (exact) mass is 295 g/mol. The Labute approximate surface area is 129 Å². The molecule has 0 aliphatic rings. The van der Waals surface area contributed by atoms with Crippen LogP contribution in [0, 0.1) is 17.7 Å². The molecular formula is C18H30FNO. The number of halogens is 1. The maximum Gasteiger partial charge on any atom is 0.123 e. The first-order valence-corrected chi connectivity index (χ1v) is 7.80. The van der Waals surface area contributed by atoms with Gasteiger partial charge >= 0.3 is 0 Å². The molecule has 0 amide bonds. The Balaban J connectivity index is 2.70. The second kappa shape index (κ2) is 8.50. The van der Waals surface area contributed by atoms with Gasteiger partial charge in [0.05, 0.1) is 0 Å².